The first-order chi connectivity index (χ1) is 8.07. The third-order valence-electron chi connectivity index (χ3n) is 2.86. The van der Waals surface area contributed by atoms with Gasteiger partial charge in [0.15, 0.2) is 5.96 Å². The summed E-state index contributed by atoms with van der Waals surface area (Å²) in [5.74, 6) is 0.948. The van der Waals surface area contributed by atoms with Crippen molar-refractivity contribution in [2.45, 2.75) is 44.4 Å². The molecule has 17 heavy (non-hydrogen) atoms. The molecule has 0 radical (unpaired) electrons. The molecular formula is C13H25N3S. The second-order valence-electron chi connectivity index (χ2n) is 4.94. The number of rotatable bonds is 5. The highest BCUT2D eigenvalue weighted by atomic mass is 32.2. The van der Waals surface area contributed by atoms with E-state index in [4.69, 9.17) is 0 Å². The summed E-state index contributed by atoms with van der Waals surface area (Å²) in [5, 5.41) is 6.79. The first-order valence-corrected chi connectivity index (χ1v) is 7.55. The van der Waals surface area contributed by atoms with Gasteiger partial charge in [0.2, 0.25) is 0 Å². The average molecular weight is 255 g/mol. The van der Waals surface area contributed by atoms with Crippen LogP contribution in [-0.2, 0) is 0 Å². The highest BCUT2D eigenvalue weighted by Crippen LogP contribution is 2.21. The number of nitrogens with one attached hydrogen (secondary N) is 2. The van der Waals surface area contributed by atoms with E-state index in [2.05, 4.69) is 54.8 Å². The Morgan fingerprint density at radius 2 is 2.06 bits per heavy atom. The summed E-state index contributed by atoms with van der Waals surface area (Å²) in [5.41, 5.74) is 0. The largest absolute Gasteiger partial charge is 0.357 e. The van der Waals surface area contributed by atoms with Gasteiger partial charge in [-0.15, -0.1) is 0 Å². The Hall–Kier alpha value is -0.640. The zero-order chi connectivity index (χ0) is 12.7. The van der Waals surface area contributed by atoms with Crippen molar-refractivity contribution in [2.75, 3.05) is 19.3 Å². The Kier molecular flexibility index (Phi) is 5.89. The van der Waals surface area contributed by atoms with Crippen molar-refractivity contribution in [2.24, 2.45) is 4.99 Å². The molecule has 0 atom stereocenters. The summed E-state index contributed by atoms with van der Waals surface area (Å²) in [4.78, 5) is 4.67. The summed E-state index contributed by atoms with van der Waals surface area (Å²) < 4.78 is 0.205. The predicted molar refractivity (Wildman–Crippen MR) is 78.9 cm³/mol. The number of thioether (sulfide) groups is 1. The fraction of sp³-hybridized carbons (Fsp3) is 0.769. The Labute approximate surface area is 110 Å². The molecule has 0 heterocycles. The number of nitrogens with zero attached hydrogens (tertiary/aromatic N) is 1. The maximum Gasteiger partial charge on any atom is 0.191 e. The van der Waals surface area contributed by atoms with Crippen LogP contribution < -0.4 is 10.6 Å². The SMILES string of the molecule is CCNC(=NCC(C)(C)SC)NC1CC=CC1. The van der Waals surface area contributed by atoms with E-state index in [1.807, 2.05) is 11.8 Å². The van der Waals surface area contributed by atoms with Gasteiger partial charge in [-0.1, -0.05) is 12.2 Å². The van der Waals surface area contributed by atoms with Gasteiger partial charge in [0.05, 0.1) is 6.54 Å². The van der Waals surface area contributed by atoms with Crippen LogP contribution in [0.25, 0.3) is 0 Å². The van der Waals surface area contributed by atoms with Crippen LogP contribution in [0.3, 0.4) is 0 Å². The van der Waals surface area contributed by atoms with Crippen molar-refractivity contribution < 1.29 is 0 Å². The topological polar surface area (TPSA) is 36.4 Å². The third-order valence-corrected chi connectivity index (χ3v) is 4.10. The van der Waals surface area contributed by atoms with Gasteiger partial charge in [0.25, 0.3) is 0 Å². The molecule has 0 unspecified atom stereocenters. The van der Waals surface area contributed by atoms with Crippen LogP contribution in [0.1, 0.15) is 33.6 Å². The Balaban J connectivity index is 2.48. The molecule has 0 aromatic heterocycles. The highest BCUT2D eigenvalue weighted by molar-refractivity contribution is 7.99. The Morgan fingerprint density at radius 1 is 1.41 bits per heavy atom. The number of guanidine groups is 1. The van der Waals surface area contributed by atoms with Crippen LogP contribution in [0, 0.1) is 0 Å². The second kappa shape index (κ2) is 6.94. The van der Waals surface area contributed by atoms with Gasteiger partial charge < -0.3 is 10.6 Å². The van der Waals surface area contributed by atoms with Crippen molar-refractivity contribution in [1.82, 2.24) is 10.6 Å². The minimum atomic E-state index is 0.205. The third kappa shape index (κ3) is 5.48. The zero-order valence-corrected chi connectivity index (χ0v) is 12.2. The van der Waals surface area contributed by atoms with E-state index >= 15 is 0 Å². The van der Waals surface area contributed by atoms with E-state index < -0.39 is 0 Å². The second-order valence-corrected chi connectivity index (χ2v) is 6.46. The lowest BCUT2D eigenvalue weighted by molar-refractivity contribution is 0.627. The molecule has 0 saturated heterocycles. The molecule has 0 amide bonds. The molecule has 4 heteroatoms. The van der Waals surface area contributed by atoms with Gasteiger partial charge in [0.1, 0.15) is 0 Å². The quantitative estimate of drug-likeness (QED) is 0.450. The summed E-state index contributed by atoms with van der Waals surface area (Å²) in [6.45, 7) is 8.29. The van der Waals surface area contributed by atoms with Crippen LogP contribution in [0.2, 0.25) is 0 Å². The normalized spacial score (nSPS) is 17.5. The number of aliphatic imine (C=N–C) groups is 1. The molecule has 0 aliphatic heterocycles. The van der Waals surface area contributed by atoms with Crippen molar-refractivity contribution in [1.29, 1.82) is 0 Å². The summed E-state index contributed by atoms with van der Waals surface area (Å²) in [6, 6.07) is 0.519. The first-order valence-electron chi connectivity index (χ1n) is 6.32. The first kappa shape index (κ1) is 14.4. The fourth-order valence-electron chi connectivity index (χ4n) is 1.58. The highest BCUT2D eigenvalue weighted by Gasteiger charge is 2.16. The van der Waals surface area contributed by atoms with Crippen molar-refractivity contribution in [3.05, 3.63) is 12.2 Å². The summed E-state index contributed by atoms with van der Waals surface area (Å²) in [7, 11) is 0. The van der Waals surface area contributed by atoms with Crippen molar-refractivity contribution in [3.63, 3.8) is 0 Å². The minimum absolute atomic E-state index is 0.205. The molecule has 1 aliphatic rings. The lowest BCUT2D eigenvalue weighted by Crippen LogP contribution is -2.43. The van der Waals surface area contributed by atoms with Gasteiger partial charge in [0, 0.05) is 17.3 Å². The minimum Gasteiger partial charge on any atom is -0.357 e. The van der Waals surface area contributed by atoms with Gasteiger partial charge in [-0.05, 0) is 39.9 Å². The maximum atomic E-state index is 4.67. The van der Waals surface area contributed by atoms with Crippen LogP contribution in [-0.4, -0.2) is 36.1 Å². The standard InChI is InChI=1S/C13H25N3S/c1-5-14-12(15-10-13(2,3)17-4)16-11-8-6-7-9-11/h6-7,11H,5,8-10H2,1-4H3,(H2,14,15,16). The van der Waals surface area contributed by atoms with Crippen molar-refractivity contribution >= 4 is 17.7 Å². The molecule has 0 fully saturated rings. The van der Waals surface area contributed by atoms with E-state index in [9.17, 15) is 0 Å². The molecular weight excluding hydrogens is 230 g/mol. The molecule has 3 nitrogen and oxygen atoms in total. The van der Waals surface area contributed by atoms with Crippen LogP contribution in [0.15, 0.2) is 17.1 Å². The lowest BCUT2D eigenvalue weighted by Gasteiger charge is -2.21. The monoisotopic (exact) mass is 255 g/mol. The molecule has 98 valence electrons. The Morgan fingerprint density at radius 3 is 2.59 bits per heavy atom. The summed E-state index contributed by atoms with van der Waals surface area (Å²) in [6.07, 6.45) is 8.81. The fourth-order valence-corrected chi connectivity index (χ4v) is 1.78. The smallest absolute Gasteiger partial charge is 0.191 e. The van der Waals surface area contributed by atoms with Crippen LogP contribution in [0.4, 0.5) is 0 Å². The van der Waals surface area contributed by atoms with Crippen LogP contribution >= 0.6 is 11.8 Å². The van der Waals surface area contributed by atoms with Gasteiger partial charge in [-0.25, -0.2) is 0 Å². The molecule has 0 aromatic rings. The number of hydrogen-bond donors (Lipinski definition) is 2. The predicted octanol–water partition coefficient (Wildman–Crippen LogP) is 2.40. The van der Waals surface area contributed by atoms with E-state index in [0.717, 1.165) is 31.9 Å². The van der Waals surface area contributed by atoms with E-state index in [0.29, 0.717) is 6.04 Å². The van der Waals surface area contributed by atoms with Gasteiger partial charge >= 0.3 is 0 Å². The van der Waals surface area contributed by atoms with E-state index in [1.165, 1.54) is 0 Å². The Bertz CT molecular complexity index is 276. The van der Waals surface area contributed by atoms with E-state index in [-0.39, 0.29) is 4.75 Å². The molecule has 1 rings (SSSR count). The molecule has 0 bridgehead atoms. The van der Waals surface area contributed by atoms with Crippen molar-refractivity contribution in [3.8, 4) is 0 Å². The van der Waals surface area contributed by atoms with E-state index in [1.54, 1.807) is 0 Å². The number of hydrogen-bond acceptors (Lipinski definition) is 2. The van der Waals surface area contributed by atoms with Gasteiger partial charge in [-0.3, -0.25) is 4.99 Å². The maximum absolute atomic E-state index is 4.67. The molecule has 0 saturated carbocycles. The molecule has 2 N–H and O–H groups in total. The lowest BCUT2D eigenvalue weighted by atomic mass is 10.2. The van der Waals surface area contributed by atoms with Gasteiger partial charge in [-0.2, -0.15) is 11.8 Å². The molecule has 0 spiro atoms. The zero-order valence-electron chi connectivity index (χ0n) is 11.4. The van der Waals surface area contributed by atoms with Crippen LogP contribution in [0.5, 0.6) is 0 Å². The molecule has 1 aliphatic carbocycles. The summed E-state index contributed by atoms with van der Waals surface area (Å²) >= 11 is 1.85. The molecule has 0 aromatic carbocycles. The average Bonchev–Trinajstić information content (AvgIpc) is 2.79.